The monoisotopic (exact) mass is 294 g/mol. The van der Waals surface area contributed by atoms with Gasteiger partial charge in [-0.15, -0.1) is 0 Å². The largest absolute Gasteiger partial charge is 0.497 e. The van der Waals surface area contributed by atoms with Gasteiger partial charge >= 0.3 is 0 Å². The number of hydrazine groups is 1. The molecule has 0 amide bonds. The predicted octanol–water partition coefficient (Wildman–Crippen LogP) is 3.96. The van der Waals surface area contributed by atoms with Gasteiger partial charge in [0, 0.05) is 11.6 Å². The first-order valence-electron chi connectivity index (χ1n) is 7.94. The fraction of sp³-hybridized carbons (Fsp3) is 0.647. The Bertz CT molecular complexity index is 396. The Morgan fingerprint density at radius 2 is 1.76 bits per heavy atom. The van der Waals surface area contributed by atoms with Gasteiger partial charge in [-0.05, 0) is 24.6 Å². The molecule has 1 rings (SSSR count). The highest BCUT2D eigenvalue weighted by molar-refractivity contribution is 5.42. The molecule has 21 heavy (non-hydrogen) atoms. The fourth-order valence-electron chi connectivity index (χ4n) is 2.57. The van der Waals surface area contributed by atoms with Crippen molar-refractivity contribution in [2.45, 2.75) is 57.9 Å². The van der Waals surface area contributed by atoms with Gasteiger partial charge in [-0.3, -0.25) is 11.3 Å². The average Bonchev–Trinajstić information content (AvgIpc) is 2.53. The van der Waals surface area contributed by atoms with Crippen molar-refractivity contribution in [3.63, 3.8) is 0 Å². The van der Waals surface area contributed by atoms with Crippen LogP contribution >= 0.6 is 0 Å². The molecule has 0 aliphatic heterocycles. The van der Waals surface area contributed by atoms with E-state index in [4.69, 9.17) is 15.3 Å². The van der Waals surface area contributed by atoms with Crippen LogP contribution < -0.4 is 20.7 Å². The lowest BCUT2D eigenvalue weighted by Gasteiger charge is -2.20. The van der Waals surface area contributed by atoms with Gasteiger partial charge in [-0.25, -0.2) is 0 Å². The van der Waals surface area contributed by atoms with Crippen LogP contribution in [-0.4, -0.2) is 14.2 Å². The van der Waals surface area contributed by atoms with Gasteiger partial charge in [0.1, 0.15) is 11.5 Å². The molecule has 0 spiro atoms. The molecule has 0 heterocycles. The summed E-state index contributed by atoms with van der Waals surface area (Å²) >= 11 is 0. The van der Waals surface area contributed by atoms with Crippen LogP contribution in [0.25, 0.3) is 0 Å². The van der Waals surface area contributed by atoms with Gasteiger partial charge in [0.25, 0.3) is 0 Å². The number of unbranched alkanes of at least 4 members (excludes halogenated alkanes) is 5. The maximum absolute atomic E-state index is 5.74. The van der Waals surface area contributed by atoms with Crippen LogP contribution in [-0.2, 0) is 0 Å². The Kier molecular flexibility index (Phi) is 8.87. The zero-order valence-electron chi connectivity index (χ0n) is 13.7. The van der Waals surface area contributed by atoms with Crippen LogP contribution in [0.2, 0.25) is 0 Å². The normalized spacial score (nSPS) is 12.2. The van der Waals surface area contributed by atoms with Gasteiger partial charge in [0.2, 0.25) is 0 Å². The molecule has 0 radical (unpaired) electrons. The van der Waals surface area contributed by atoms with Crippen LogP contribution in [0.4, 0.5) is 0 Å². The molecule has 0 bridgehead atoms. The minimum absolute atomic E-state index is 0.0984. The topological polar surface area (TPSA) is 56.5 Å². The Hall–Kier alpha value is -1.26. The molecular weight excluding hydrogens is 264 g/mol. The zero-order chi connectivity index (χ0) is 15.5. The highest BCUT2D eigenvalue weighted by Gasteiger charge is 2.15. The van der Waals surface area contributed by atoms with E-state index in [1.54, 1.807) is 14.2 Å². The summed E-state index contributed by atoms with van der Waals surface area (Å²) < 4.78 is 10.7. The summed E-state index contributed by atoms with van der Waals surface area (Å²) in [5, 5.41) is 0. The Labute approximate surface area is 129 Å². The maximum Gasteiger partial charge on any atom is 0.123 e. The first kappa shape index (κ1) is 17.8. The van der Waals surface area contributed by atoms with E-state index >= 15 is 0 Å². The van der Waals surface area contributed by atoms with Crippen molar-refractivity contribution in [1.29, 1.82) is 0 Å². The van der Waals surface area contributed by atoms with Crippen molar-refractivity contribution in [2.24, 2.45) is 5.84 Å². The molecule has 1 unspecified atom stereocenters. The van der Waals surface area contributed by atoms with E-state index in [9.17, 15) is 0 Å². The highest BCUT2D eigenvalue weighted by Crippen LogP contribution is 2.31. The molecule has 1 atom stereocenters. The van der Waals surface area contributed by atoms with E-state index < -0.39 is 0 Å². The van der Waals surface area contributed by atoms with Crippen molar-refractivity contribution in [1.82, 2.24) is 5.43 Å². The second-order valence-corrected chi connectivity index (χ2v) is 5.38. The summed E-state index contributed by atoms with van der Waals surface area (Å²) in [6.07, 6.45) is 8.69. The van der Waals surface area contributed by atoms with Crippen LogP contribution in [0.1, 0.15) is 63.5 Å². The number of hydrogen-bond donors (Lipinski definition) is 2. The lowest BCUT2D eigenvalue weighted by molar-refractivity contribution is 0.384. The standard InChI is InChI=1S/C17H30N2O2/c1-4-5-6-7-8-9-10-16(19-18)15-13-14(20-2)11-12-17(15)21-3/h11-13,16,19H,4-10,18H2,1-3H3. The lowest BCUT2D eigenvalue weighted by atomic mass is 9.99. The average molecular weight is 294 g/mol. The third-order valence-electron chi connectivity index (χ3n) is 3.86. The number of nitrogens with two attached hydrogens (primary N) is 1. The minimum Gasteiger partial charge on any atom is -0.497 e. The molecule has 0 aliphatic carbocycles. The molecule has 0 saturated carbocycles. The first-order chi connectivity index (χ1) is 10.3. The maximum atomic E-state index is 5.74. The summed E-state index contributed by atoms with van der Waals surface area (Å²) in [6.45, 7) is 2.24. The predicted molar refractivity (Wildman–Crippen MR) is 87.6 cm³/mol. The van der Waals surface area contributed by atoms with E-state index in [0.717, 1.165) is 23.5 Å². The van der Waals surface area contributed by atoms with Crippen LogP contribution in [0.5, 0.6) is 11.5 Å². The molecule has 120 valence electrons. The number of benzene rings is 1. The molecule has 4 nitrogen and oxygen atoms in total. The van der Waals surface area contributed by atoms with E-state index in [2.05, 4.69) is 12.3 Å². The number of ether oxygens (including phenoxy) is 2. The number of nitrogens with one attached hydrogen (secondary N) is 1. The molecular formula is C17H30N2O2. The van der Waals surface area contributed by atoms with Gasteiger partial charge in [0.15, 0.2) is 0 Å². The van der Waals surface area contributed by atoms with E-state index in [0.29, 0.717) is 0 Å². The lowest BCUT2D eigenvalue weighted by Crippen LogP contribution is -2.28. The molecule has 0 saturated heterocycles. The quantitative estimate of drug-likeness (QED) is 0.368. The van der Waals surface area contributed by atoms with Crippen LogP contribution in [0, 0.1) is 0 Å². The number of hydrogen-bond acceptors (Lipinski definition) is 4. The minimum atomic E-state index is 0.0984. The summed E-state index contributed by atoms with van der Waals surface area (Å²) in [6, 6.07) is 5.93. The van der Waals surface area contributed by atoms with Gasteiger partial charge in [-0.1, -0.05) is 45.4 Å². The van der Waals surface area contributed by atoms with Gasteiger partial charge < -0.3 is 9.47 Å². The van der Waals surface area contributed by atoms with Crippen LogP contribution in [0.15, 0.2) is 18.2 Å². The smallest absolute Gasteiger partial charge is 0.123 e. The second kappa shape index (κ2) is 10.5. The molecule has 0 aliphatic rings. The zero-order valence-corrected chi connectivity index (χ0v) is 13.7. The molecule has 4 heteroatoms. The molecule has 1 aromatic rings. The number of rotatable bonds is 11. The third kappa shape index (κ3) is 5.94. The Balaban J connectivity index is 2.58. The van der Waals surface area contributed by atoms with Crippen molar-refractivity contribution in [3.8, 4) is 11.5 Å². The van der Waals surface area contributed by atoms with Crippen molar-refractivity contribution < 1.29 is 9.47 Å². The van der Waals surface area contributed by atoms with Crippen LogP contribution in [0.3, 0.4) is 0 Å². The Morgan fingerprint density at radius 3 is 2.38 bits per heavy atom. The fourth-order valence-corrected chi connectivity index (χ4v) is 2.57. The van der Waals surface area contributed by atoms with E-state index in [-0.39, 0.29) is 6.04 Å². The summed E-state index contributed by atoms with van der Waals surface area (Å²) in [5.41, 5.74) is 3.97. The highest BCUT2D eigenvalue weighted by atomic mass is 16.5. The second-order valence-electron chi connectivity index (χ2n) is 5.38. The van der Waals surface area contributed by atoms with Crippen molar-refractivity contribution >= 4 is 0 Å². The van der Waals surface area contributed by atoms with Gasteiger partial charge in [0.05, 0.1) is 14.2 Å². The number of methoxy groups -OCH3 is 2. The van der Waals surface area contributed by atoms with E-state index in [1.807, 2.05) is 18.2 Å². The van der Waals surface area contributed by atoms with Crippen molar-refractivity contribution in [2.75, 3.05) is 14.2 Å². The van der Waals surface area contributed by atoms with E-state index in [1.165, 1.54) is 38.5 Å². The molecule has 0 aromatic heterocycles. The summed E-state index contributed by atoms with van der Waals surface area (Å²) in [7, 11) is 3.35. The van der Waals surface area contributed by atoms with Gasteiger partial charge in [-0.2, -0.15) is 0 Å². The molecule has 0 fully saturated rings. The van der Waals surface area contributed by atoms with Crippen molar-refractivity contribution in [3.05, 3.63) is 23.8 Å². The third-order valence-corrected chi connectivity index (χ3v) is 3.86. The molecule has 1 aromatic carbocycles. The SMILES string of the molecule is CCCCCCCCC(NN)c1cc(OC)ccc1OC. The first-order valence-corrected chi connectivity index (χ1v) is 7.94. The molecule has 3 N–H and O–H groups in total. The summed E-state index contributed by atoms with van der Waals surface area (Å²) in [4.78, 5) is 0. The summed E-state index contributed by atoms with van der Waals surface area (Å²) in [5.74, 6) is 7.42. The Morgan fingerprint density at radius 1 is 1.05 bits per heavy atom.